The first kappa shape index (κ1) is 18.6. The molecule has 6 heteroatoms. The van der Waals surface area contributed by atoms with Crippen molar-refractivity contribution in [3.8, 4) is 0 Å². The lowest BCUT2D eigenvalue weighted by molar-refractivity contribution is 0.411. The molecule has 26 heavy (non-hydrogen) atoms. The summed E-state index contributed by atoms with van der Waals surface area (Å²) in [4.78, 5) is 4.59. The highest BCUT2D eigenvalue weighted by atomic mass is 35.5. The van der Waals surface area contributed by atoms with E-state index in [0.717, 1.165) is 5.56 Å². The van der Waals surface area contributed by atoms with Gasteiger partial charge in [0.25, 0.3) is 0 Å². The van der Waals surface area contributed by atoms with E-state index in [1.807, 2.05) is 42.5 Å². The molecular formula is C20H19ClN2O2S. The van der Waals surface area contributed by atoms with E-state index in [-0.39, 0.29) is 4.90 Å². The van der Waals surface area contributed by atoms with Crippen LogP contribution in [0.5, 0.6) is 0 Å². The summed E-state index contributed by atoms with van der Waals surface area (Å²) in [6, 6.07) is 19.3. The summed E-state index contributed by atoms with van der Waals surface area (Å²) in [5.41, 5.74) is 2.04. The summed E-state index contributed by atoms with van der Waals surface area (Å²) < 4.78 is 28.0. The minimum atomic E-state index is -3.78. The van der Waals surface area contributed by atoms with Gasteiger partial charge in [0, 0.05) is 18.3 Å². The minimum Gasteiger partial charge on any atom is -0.259 e. The number of hydrogen-bond acceptors (Lipinski definition) is 3. The van der Waals surface area contributed by atoms with E-state index >= 15 is 0 Å². The van der Waals surface area contributed by atoms with Crippen molar-refractivity contribution in [2.75, 3.05) is 7.05 Å². The maximum atomic E-state index is 13.3. The van der Waals surface area contributed by atoms with Crippen molar-refractivity contribution in [1.82, 2.24) is 9.29 Å². The fourth-order valence-corrected chi connectivity index (χ4v) is 4.70. The van der Waals surface area contributed by atoms with Gasteiger partial charge in [0.15, 0.2) is 0 Å². The van der Waals surface area contributed by atoms with Crippen LogP contribution in [0.2, 0.25) is 5.02 Å². The number of benzene rings is 2. The Balaban J connectivity index is 2.14. The Kier molecular flexibility index (Phi) is 5.41. The van der Waals surface area contributed by atoms with E-state index < -0.39 is 16.1 Å². The highest BCUT2D eigenvalue weighted by Gasteiger charge is 2.32. The van der Waals surface area contributed by atoms with Crippen molar-refractivity contribution in [3.05, 3.63) is 94.8 Å². The lowest BCUT2D eigenvalue weighted by Crippen LogP contribution is -2.33. The smallest absolute Gasteiger partial charge is 0.244 e. The molecule has 4 nitrogen and oxygen atoms in total. The zero-order chi connectivity index (χ0) is 18.7. The summed E-state index contributed by atoms with van der Waals surface area (Å²) in [5.74, 6) is 0. The molecule has 2 aromatic carbocycles. The van der Waals surface area contributed by atoms with Gasteiger partial charge in [-0.2, -0.15) is 4.31 Å². The van der Waals surface area contributed by atoms with Gasteiger partial charge in [0.05, 0.1) is 16.6 Å². The molecule has 1 heterocycles. The molecule has 0 radical (unpaired) electrons. The Bertz CT molecular complexity index is 953. The number of aromatic nitrogens is 1. The highest BCUT2D eigenvalue weighted by molar-refractivity contribution is 7.89. The molecule has 0 spiro atoms. The third-order valence-electron chi connectivity index (χ3n) is 4.32. The number of halogens is 1. The van der Waals surface area contributed by atoms with Gasteiger partial charge < -0.3 is 0 Å². The molecule has 0 saturated carbocycles. The molecule has 1 aromatic heterocycles. The predicted molar refractivity (Wildman–Crippen MR) is 104 cm³/mol. The van der Waals surface area contributed by atoms with Crippen LogP contribution in [0, 0.1) is 6.92 Å². The average Bonchev–Trinajstić information content (AvgIpc) is 2.65. The molecular weight excluding hydrogens is 368 g/mol. The van der Waals surface area contributed by atoms with Crippen LogP contribution < -0.4 is 0 Å². The van der Waals surface area contributed by atoms with Crippen LogP contribution in [0.3, 0.4) is 0 Å². The number of nitrogens with zero attached hydrogens (tertiary/aromatic N) is 2. The molecule has 3 rings (SSSR count). The lowest BCUT2D eigenvalue weighted by atomic mass is 10.0. The number of rotatable bonds is 5. The van der Waals surface area contributed by atoms with Gasteiger partial charge in [-0.15, -0.1) is 0 Å². The standard InChI is InChI=1S/C20H19ClN2O2S/c1-15-17(21)11-8-13-19(15)26(24,25)23(2)20(16-9-4-3-5-10-16)18-12-6-7-14-22-18/h3-14,20H,1-2H3. The third-order valence-corrected chi connectivity index (χ3v) is 6.70. The summed E-state index contributed by atoms with van der Waals surface area (Å²) in [6.07, 6.45) is 1.66. The van der Waals surface area contributed by atoms with Gasteiger partial charge in [-0.25, -0.2) is 8.42 Å². The Labute approximate surface area is 159 Å². The molecule has 0 aliphatic carbocycles. The van der Waals surface area contributed by atoms with Crippen molar-refractivity contribution in [2.45, 2.75) is 17.9 Å². The fourth-order valence-electron chi connectivity index (χ4n) is 2.90. The summed E-state index contributed by atoms with van der Waals surface area (Å²) >= 11 is 6.14. The van der Waals surface area contributed by atoms with Crippen LogP contribution >= 0.6 is 11.6 Å². The molecule has 0 N–H and O–H groups in total. The van der Waals surface area contributed by atoms with Crippen LogP contribution in [0.15, 0.2) is 77.8 Å². The molecule has 0 bridgehead atoms. The molecule has 3 aromatic rings. The summed E-state index contributed by atoms with van der Waals surface area (Å²) in [7, 11) is -2.21. The van der Waals surface area contributed by atoms with Crippen molar-refractivity contribution >= 4 is 21.6 Å². The van der Waals surface area contributed by atoms with Gasteiger partial charge in [0.2, 0.25) is 10.0 Å². The monoisotopic (exact) mass is 386 g/mol. The van der Waals surface area contributed by atoms with Crippen molar-refractivity contribution in [3.63, 3.8) is 0 Å². The fraction of sp³-hybridized carbons (Fsp3) is 0.150. The van der Waals surface area contributed by atoms with E-state index in [2.05, 4.69) is 4.98 Å². The van der Waals surface area contributed by atoms with Crippen molar-refractivity contribution in [1.29, 1.82) is 0 Å². The van der Waals surface area contributed by atoms with E-state index in [9.17, 15) is 8.42 Å². The topological polar surface area (TPSA) is 50.3 Å². The molecule has 0 saturated heterocycles. The Hall–Kier alpha value is -2.21. The Morgan fingerprint density at radius 2 is 1.65 bits per heavy atom. The molecule has 0 amide bonds. The Morgan fingerprint density at radius 1 is 0.962 bits per heavy atom. The van der Waals surface area contributed by atoms with Crippen LogP contribution in [0.4, 0.5) is 0 Å². The zero-order valence-electron chi connectivity index (χ0n) is 14.5. The number of pyridine rings is 1. The first-order chi connectivity index (χ1) is 12.4. The van der Waals surface area contributed by atoms with Crippen LogP contribution in [0.1, 0.15) is 22.9 Å². The number of sulfonamides is 1. The predicted octanol–water partition coefficient (Wildman–Crippen LogP) is 4.45. The third kappa shape index (κ3) is 3.51. The van der Waals surface area contributed by atoms with Crippen molar-refractivity contribution in [2.24, 2.45) is 0 Å². The second-order valence-electron chi connectivity index (χ2n) is 5.95. The molecule has 134 valence electrons. The number of hydrogen-bond donors (Lipinski definition) is 0. The van der Waals surface area contributed by atoms with Crippen LogP contribution in [0.25, 0.3) is 0 Å². The summed E-state index contributed by atoms with van der Waals surface area (Å²) in [5, 5.41) is 0.425. The zero-order valence-corrected chi connectivity index (χ0v) is 16.1. The van der Waals surface area contributed by atoms with Crippen LogP contribution in [-0.2, 0) is 10.0 Å². The second-order valence-corrected chi connectivity index (χ2v) is 8.33. The first-order valence-corrected chi connectivity index (χ1v) is 9.93. The normalized spacial score (nSPS) is 12.9. The SMILES string of the molecule is Cc1c(Cl)cccc1S(=O)(=O)N(C)C(c1ccccc1)c1ccccn1. The molecule has 1 atom stereocenters. The van der Waals surface area contributed by atoms with Gasteiger partial charge in [-0.05, 0) is 42.3 Å². The summed E-state index contributed by atoms with van der Waals surface area (Å²) in [6.45, 7) is 1.71. The molecule has 1 unspecified atom stereocenters. The van der Waals surface area contributed by atoms with Gasteiger partial charge in [-0.1, -0.05) is 54.1 Å². The highest BCUT2D eigenvalue weighted by Crippen LogP contribution is 2.33. The maximum Gasteiger partial charge on any atom is 0.244 e. The largest absolute Gasteiger partial charge is 0.259 e. The van der Waals surface area contributed by atoms with Gasteiger partial charge in [-0.3, -0.25) is 4.98 Å². The van der Waals surface area contributed by atoms with Crippen LogP contribution in [-0.4, -0.2) is 24.8 Å². The maximum absolute atomic E-state index is 13.3. The second kappa shape index (κ2) is 7.58. The van der Waals surface area contributed by atoms with Crippen molar-refractivity contribution < 1.29 is 8.42 Å². The van der Waals surface area contributed by atoms with Gasteiger partial charge >= 0.3 is 0 Å². The first-order valence-electron chi connectivity index (χ1n) is 8.12. The lowest BCUT2D eigenvalue weighted by Gasteiger charge is -2.28. The van der Waals surface area contributed by atoms with Gasteiger partial charge in [0.1, 0.15) is 0 Å². The average molecular weight is 387 g/mol. The quantitative estimate of drug-likeness (QED) is 0.650. The molecule has 0 fully saturated rings. The van der Waals surface area contributed by atoms with E-state index in [1.54, 1.807) is 44.4 Å². The van der Waals surface area contributed by atoms with E-state index in [4.69, 9.17) is 11.6 Å². The van der Waals surface area contributed by atoms with E-state index in [0.29, 0.717) is 16.3 Å². The molecule has 0 aliphatic heterocycles. The molecule has 0 aliphatic rings. The Morgan fingerprint density at radius 3 is 2.31 bits per heavy atom. The van der Waals surface area contributed by atoms with E-state index in [1.165, 1.54) is 4.31 Å². The minimum absolute atomic E-state index is 0.198.